The van der Waals surface area contributed by atoms with E-state index in [2.05, 4.69) is 20.1 Å². The normalized spacial score (nSPS) is 14.8. The van der Waals surface area contributed by atoms with Crippen LogP contribution in [0.4, 0.5) is 5.69 Å². The first-order chi connectivity index (χ1) is 14.5. The highest BCUT2D eigenvalue weighted by molar-refractivity contribution is 8.00. The lowest BCUT2D eigenvalue weighted by Crippen LogP contribution is -2.27. The number of anilines is 1. The molecular weight excluding hydrogens is 400 g/mol. The average Bonchev–Trinajstić information content (AvgIpc) is 3.09. The van der Waals surface area contributed by atoms with E-state index in [1.807, 2.05) is 51.2 Å². The molecule has 0 saturated carbocycles. The van der Waals surface area contributed by atoms with Crippen LogP contribution in [0.1, 0.15) is 37.7 Å². The van der Waals surface area contributed by atoms with Crippen LogP contribution in [0.2, 0.25) is 0 Å². The van der Waals surface area contributed by atoms with Crippen molar-refractivity contribution < 1.29 is 4.79 Å². The Bertz CT molecular complexity index is 1110. The predicted octanol–water partition coefficient (Wildman–Crippen LogP) is 2.92. The molecule has 3 aromatic rings. The summed E-state index contributed by atoms with van der Waals surface area (Å²) in [5.41, 5.74) is 1.51. The van der Waals surface area contributed by atoms with Crippen molar-refractivity contribution in [3.8, 4) is 5.69 Å². The maximum Gasteiger partial charge on any atom is 0.295 e. The maximum absolute atomic E-state index is 13.0. The fourth-order valence-electron chi connectivity index (χ4n) is 3.69. The molecule has 1 atom stereocenters. The number of fused-ring (bicyclic) bond motifs is 1. The summed E-state index contributed by atoms with van der Waals surface area (Å²) in [5, 5.41) is 11.8. The zero-order chi connectivity index (χ0) is 21.3. The molecule has 8 nitrogen and oxygen atoms in total. The summed E-state index contributed by atoms with van der Waals surface area (Å²) in [5.74, 6) is 0.768. The first kappa shape index (κ1) is 20.5. The molecule has 1 aliphatic rings. The highest BCUT2D eigenvalue weighted by Gasteiger charge is 2.24. The number of nitrogens with one attached hydrogen (secondary N) is 1. The summed E-state index contributed by atoms with van der Waals surface area (Å²) in [7, 11) is 1.81. The van der Waals surface area contributed by atoms with Gasteiger partial charge in [0.05, 0.1) is 16.6 Å². The van der Waals surface area contributed by atoms with E-state index >= 15 is 0 Å². The Morgan fingerprint density at radius 2 is 1.93 bits per heavy atom. The molecule has 1 amide bonds. The van der Waals surface area contributed by atoms with E-state index in [1.165, 1.54) is 18.2 Å². The Kier molecular flexibility index (Phi) is 5.80. The fourth-order valence-corrected chi connectivity index (χ4v) is 4.59. The molecule has 1 aromatic carbocycles. The Labute approximate surface area is 179 Å². The second-order valence-corrected chi connectivity index (χ2v) is 8.85. The highest BCUT2D eigenvalue weighted by Crippen LogP contribution is 2.26. The van der Waals surface area contributed by atoms with Gasteiger partial charge in [-0.3, -0.25) is 14.3 Å². The van der Waals surface area contributed by atoms with Gasteiger partial charge in [0.15, 0.2) is 5.16 Å². The van der Waals surface area contributed by atoms with Gasteiger partial charge in [-0.25, -0.2) is 4.68 Å². The Morgan fingerprint density at radius 3 is 2.70 bits per heavy atom. The van der Waals surface area contributed by atoms with Crippen LogP contribution in [-0.4, -0.2) is 35.3 Å². The molecule has 0 bridgehead atoms. The number of nitrogens with zero attached hydrogens (tertiary/aromatic N) is 5. The molecule has 0 fully saturated rings. The van der Waals surface area contributed by atoms with Gasteiger partial charge in [0.25, 0.3) is 5.56 Å². The van der Waals surface area contributed by atoms with E-state index in [0.717, 1.165) is 42.5 Å². The highest BCUT2D eigenvalue weighted by atomic mass is 32.2. The van der Waals surface area contributed by atoms with E-state index in [0.29, 0.717) is 11.4 Å². The van der Waals surface area contributed by atoms with Crippen LogP contribution >= 0.6 is 11.8 Å². The molecule has 9 heteroatoms. The minimum Gasteiger partial charge on any atom is -0.319 e. The van der Waals surface area contributed by atoms with Gasteiger partial charge < -0.3 is 9.88 Å². The summed E-state index contributed by atoms with van der Waals surface area (Å²) >= 11 is 1.38. The largest absolute Gasteiger partial charge is 0.319 e. The van der Waals surface area contributed by atoms with Crippen molar-refractivity contribution in [3.63, 3.8) is 0 Å². The molecule has 0 aliphatic carbocycles. The minimum absolute atomic E-state index is 0.225. The molecule has 158 valence electrons. The first-order valence-electron chi connectivity index (χ1n) is 10.2. The lowest BCUT2D eigenvalue weighted by Gasteiger charge is -2.12. The molecule has 3 heterocycles. The molecule has 2 aromatic heterocycles. The molecule has 1 N–H and O–H groups in total. The number of carbonyl (C=O) groups excluding carboxylic acids is 1. The number of para-hydroxylation sites is 1. The van der Waals surface area contributed by atoms with Gasteiger partial charge in [0.1, 0.15) is 11.5 Å². The predicted molar refractivity (Wildman–Crippen MR) is 117 cm³/mol. The number of rotatable bonds is 5. The minimum atomic E-state index is -0.411. The lowest BCUT2D eigenvalue weighted by atomic mass is 10.2. The first-order valence-corrected chi connectivity index (χ1v) is 11.1. The summed E-state index contributed by atoms with van der Waals surface area (Å²) in [6.45, 7) is 4.54. The third-order valence-electron chi connectivity index (χ3n) is 5.53. The molecule has 1 unspecified atom stereocenters. The molecule has 0 spiro atoms. The zero-order valence-corrected chi connectivity index (χ0v) is 18.3. The van der Waals surface area contributed by atoms with Gasteiger partial charge in [-0.2, -0.15) is 0 Å². The second-order valence-electron chi connectivity index (χ2n) is 7.55. The van der Waals surface area contributed by atoms with Crippen LogP contribution in [0.25, 0.3) is 5.69 Å². The summed E-state index contributed by atoms with van der Waals surface area (Å²) in [6, 6.07) is 9.38. The number of hydrogen-bond acceptors (Lipinski definition) is 5. The summed E-state index contributed by atoms with van der Waals surface area (Å²) in [6.07, 6.45) is 4.34. The number of benzene rings is 1. The third-order valence-corrected chi connectivity index (χ3v) is 6.61. The van der Waals surface area contributed by atoms with E-state index < -0.39 is 5.25 Å². The number of carbonyl (C=O) groups is 1. The zero-order valence-electron chi connectivity index (χ0n) is 17.5. The van der Waals surface area contributed by atoms with Crippen molar-refractivity contribution in [2.75, 3.05) is 5.32 Å². The van der Waals surface area contributed by atoms with Crippen molar-refractivity contribution >= 4 is 23.4 Å². The van der Waals surface area contributed by atoms with Crippen molar-refractivity contribution in [3.05, 3.63) is 52.2 Å². The fraction of sp³-hybridized carbons (Fsp3) is 0.429. The topological polar surface area (TPSA) is 86.7 Å². The van der Waals surface area contributed by atoms with Gasteiger partial charge >= 0.3 is 0 Å². The SMILES string of the molecule is Cc1c(NC(=O)C(C)Sc2nnc3n2CCCCC3)c(=O)n(-c2ccccc2)n1C. The Morgan fingerprint density at radius 1 is 1.17 bits per heavy atom. The van der Waals surface area contributed by atoms with Crippen molar-refractivity contribution in [2.24, 2.45) is 7.05 Å². The van der Waals surface area contributed by atoms with Crippen LogP contribution in [0.15, 0.2) is 40.3 Å². The third kappa shape index (κ3) is 3.81. The van der Waals surface area contributed by atoms with Gasteiger partial charge in [0.2, 0.25) is 5.91 Å². The van der Waals surface area contributed by atoms with Gasteiger partial charge in [0, 0.05) is 20.0 Å². The molecular formula is C21H26N6O2S. The second kappa shape index (κ2) is 8.51. The van der Waals surface area contributed by atoms with E-state index in [4.69, 9.17) is 0 Å². The molecule has 0 radical (unpaired) electrons. The van der Waals surface area contributed by atoms with Crippen molar-refractivity contribution in [2.45, 2.75) is 56.5 Å². The summed E-state index contributed by atoms with van der Waals surface area (Å²) < 4.78 is 5.43. The Balaban J connectivity index is 1.53. The number of aryl methyl sites for hydroxylation is 1. The maximum atomic E-state index is 13.0. The van der Waals surface area contributed by atoms with Crippen molar-refractivity contribution in [1.82, 2.24) is 24.1 Å². The number of aromatic nitrogens is 5. The standard InChI is InChI=1S/C21H26N6O2S/c1-14-18(20(29)27(25(14)3)16-10-6-4-7-11-16)22-19(28)15(2)30-21-24-23-17-12-8-5-9-13-26(17)21/h4,6-7,10-11,15H,5,8-9,12-13H2,1-3H3,(H,22,28). The van der Waals surface area contributed by atoms with Crippen LogP contribution in [0.5, 0.6) is 0 Å². The molecule has 0 saturated heterocycles. The smallest absolute Gasteiger partial charge is 0.295 e. The van der Waals surface area contributed by atoms with Crippen molar-refractivity contribution in [1.29, 1.82) is 0 Å². The van der Waals surface area contributed by atoms with E-state index in [1.54, 1.807) is 9.36 Å². The van der Waals surface area contributed by atoms with Gasteiger partial charge in [-0.15, -0.1) is 10.2 Å². The van der Waals surface area contributed by atoms with Crippen LogP contribution in [0.3, 0.4) is 0 Å². The lowest BCUT2D eigenvalue weighted by molar-refractivity contribution is -0.115. The molecule has 1 aliphatic heterocycles. The van der Waals surface area contributed by atoms with Gasteiger partial charge in [-0.1, -0.05) is 36.4 Å². The molecule has 4 rings (SSSR count). The van der Waals surface area contributed by atoms with Gasteiger partial charge in [-0.05, 0) is 38.8 Å². The average molecular weight is 427 g/mol. The number of amides is 1. The van der Waals surface area contributed by atoms with E-state index in [-0.39, 0.29) is 11.5 Å². The Hall–Kier alpha value is -2.81. The number of thioether (sulfide) groups is 1. The van der Waals surface area contributed by atoms with E-state index in [9.17, 15) is 9.59 Å². The summed E-state index contributed by atoms with van der Waals surface area (Å²) in [4.78, 5) is 25.9. The molecule has 30 heavy (non-hydrogen) atoms. The number of hydrogen-bond donors (Lipinski definition) is 1. The van der Waals surface area contributed by atoms with Crippen LogP contribution < -0.4 is 10.9 Å². The van der Waals surface area contributed by atoms with Crippen LogP contribution in [-0.2, 0) is 24.8 Å². The monoisotopic (exact) mass is 426 g/mol. The van der Waals surface area contributed by atoms with Crippen LogP contribution in [0, 0.1) is 6.92 Å². The quantitative estimate of drug-likeness (QED) is 0.634.